The lowest BCUT2D eigenvalue weighted by Crippen LogP contribution is -2.36. The van der Waals surface area contributed by atoms with Crippen LogP contribution in [0.2, 0.25) is 0 Å². The van der Waals surface area contributed by atoms with Gasteiger partial charge in [-0.2, -0.15) is 0 Å². The summed E-state index contributed by atoms with van der Waals surface area (Å²) >= 11 is 0. The molecule has 1 aliphatic rings. The van der Waals surface area contributed by atoms with E-state index >= 15 is 0 Å². The zero-order chi connectivity index (χ0) is 14.1. The lowest BCUT2D eigenvalue weighted by Gasteiger charge is -2.30. The molecule has 1 aliphatic carbocycles. The molecule has 1 saturated carbocycles. The topological polar surface area (TPSA) is 15.3 Å². The summed E-state index contributed by atoms with van der Waals surface area (Å²) in [7, 11) is 0. The third-order valence-electron chi connectivity index (χ3n) is 4.47. The Bertz CT molecular complexity index is 209. The molecule has 0 aliphatic heterocycles. The molecule has 114 valence electrons. The van der Waals surface area contributed by atoms with Gasteiger partial charge >= 0.3 is 0 Å². The Morgan fingerprint density at radius 1 is 1.05 bits per heavy atom. The number of hydrogen-bond donors (Lipinski definition) is 1. The van der Waals surface area contributed by atoms with E-state index < -0.39 is 0 Å². The molecule has 0 bridgehead atoms. The Hall–Kier alpha value is -0.0800. The van der Waals surface area contributed by atoms with Gasteiger partial charge in [-0.05, 0) is 64.6 Å². The van der Waals surface area contributed by atoms with E-state index in [9.17, 15) is 0 Å². The van der Waals surface area contributed by atoms with Crippen LogP contribution in [0.3, 0.4) is 0 Å². The number of hydrogen-bond acceptors (Lipinski definition) is 2. The molecule has 0 aromatic rings. The predicted molar refractivity (Wildman–Crippen MR) is 85.7 cm³/mol. The fourth-order valence-corrected chi connectivity index (χ4v) is 3.22. The predicted octanol–water partition coefficient (Wildman–Crippen LogP) is 4.06. The summed E-state index contributed by atoms with van der Waals surface area (Å²) < 4.78 is 0. The van der Waals surface area contributed by atoms with Crippen molar-refractivity contribution < 1.29 is 0 Å². The molecule has 0 aromatic heterocycles. The Morgan fingerprint density at radius 3 is 2.32 bits per heavy atom. The van der Waals surface area contributed by atoms with Crippen molar-refractivity contribution in [3.63, 3.8) is 0 Å². The van der Waals surface area contributed by atoms with Crippen LogP contribution in [0.25, 0.3) is 0 Å². The number of nitrogens with one attached hydrogen (secondary N) is 1. The first-order valence-corrected chi connectivity index (χ1v) is 8.61. The highest BCUT2D eigenvalue weighted by atomic mass is 15.2. The fraction of sp³-hybridized carbons (Fsp3) is 1.00. The molecule has 0 spiro atoms. The second-order valence-electron chi connectivity index (χ2n) is 6.76. The van der Waals surface area contributed by atoms with E-state index in [0.717, 1.165) is 18.5 Å². The van der Waals surface area contributed by atoms with Crippen LogP contribution in [0.5, 0.6) is 0 Å². The minimum atomic E-state index is 0.681. The Kier molecular flexibility index (Phi) is 8.72. The summed E-state index contributed by atoms with van der Waals surface area (Å²) in [6.07, 6.45) is 9.83. The third-order valence-corrected chi connectivity index (χ3v) is 4.47. The molecule has 2 heteroatoms. The summed E-state index contributed by atoms with van der Waals surface area (Å²) in [5, 5.41) is 3.52. The standard InChI is InChI=1S/C17H36N2/c1-5-18-16(4)9-8-13-19(14-12-15(2)3)17-10-6-7-11-17/h15-18H,5-14H2,1-4H3. The van der Waals surface area contributed by atoms with Gasteiger partial charge in [-0.15, -0.1) is 0 Å². The maximum Gasteiger partial charge on any atom is 0.00952 e. The van der Waals surface area contributed by atoms with Crippen LogP contribution in [-0.4, -0.2) is 36.6 Å². The van der Waals surface area contributed by atoms with Crippen LogP contribution >= 0.6 is 0 Å². The quantitative estimate of drug-likeness (QED) is 0.643. The molecular weight excluding hydrogens is 232 g/mol. The molecule has 19 heavy (non-hydrogen) atoms. The average Bonchev–Trinajstić information content (AvgIpc) is 2.87. The highest BCUT2D eigenvalue weighted by molar-refractivity contribution is 4.78. The van der Waals surface area contributed by atoms with Gasteiger partial charge in [0.2, 0.25) is 0 Å². The van der Waals surface area contributed by atoms with Crippen LogP contribution < -0.4 is 5.32 Å². The molecule has 1 fully saturated rings. The fourth-order valence-electron chi connectivity index (χ4n) is 3.22. The largest absolute Gasteiger partial charge is 0.315 e. The summed E-state index contributed by atoms with van der Waals surface area (Å²) in [6, 6.07) is 1.58. The first-order valence-electron chi connectivity index (χ1n) is 8.61. The molecule has 0 amide bonds. The molecule has 2 nitrogen and oxygen atoms in total. The van der Waals surface area contributed by atoms with Crippen molar-refractivity contribution in [3.8, 4) is 0 Å². The Labute approximate surface area is 121 Å². The van der Waals surface area contributed by atoms with Gasteiger partial charge in [-0.3, -0.25) is 0 Å². The van der Waals surface area contributed by atoms with E-state index in [1.165, 1.54) is 58.0 Å². The summed E-state index contributed by atoms with van der Waals surface area (Å²) in [4.78, 5) is 2.80. The summed E-state index contributed by atoms with van der Waals surface area (Å²) in [6.45, 7) is 12.9. The lowest BCUT2D eigenvalue weighted by molar-refractivity contribution is 0.182. The van der Waals surface area contributed by atoms with Crippen LogP contribution in [0.15, 0.2) is 0 Å². The van der Waals surface area contributed by atoms with Gasteiger partial charge in [-0.1, -0.05) is 33.6 Å². The van der Waals surface area contributed by atoms with Crippen molar-refractivity contribution >= 4 is 0 Å². The molecule has 1 N–H and O–H groups in total. The van der Waals surface area contributed by atoms with Gasteiger partial charge < -0.3 is 10.2 Å². The Morgan fingerprint density at radius 2 is 1.74 bits per heavy atom. The van der Waals surface area contributed by atoms with E-state index in [-0.39, 0.29) is 0 Å². The summed E-state index contributed by atoms with van der Waals surface area (Å²) in [5.41, 5.74) is 0. The van der Waals surface area contributed by atoms with Gasteiger partial charge in [0.05, 0.1) is 0 Å². The monoisotopic (exact) mass is 268 g/mol. The molecule has 0 heterocycles. The van der Waals surface area contributed by atoms with Crippen molar-refractivity contribution in [2.75, 3.05) is 19.6 Å². The smallest absolute Gasteiger partial charge is 0.00952 e. The SMILES string of the molecule is CCNC(C)CCCN(CCC(C)C)C1CCCC1. The van der Waals surface area contributed by atoms with Crippen LogP contribution in [0, 0.1) is 5.92 Å². The van der Waals surface area contributed by atoms with E-state index in [4.69, 9.17) is 0 Å². The second kappa shape index (κ2) is 9.77. The van der Waals surface area contributed by atoms with E-state index in [2.05, 4.69) is 37.9 Å². The van der Waals surface area contributed by atoms with Crippen LogP contribution in [0.4, 0.5) is 0 Å². The molecule has 1 atom stereocenters. The molecule has 1 unspecified atom stereocenters. The van der Waals surface area contributed by atoms with Crippen molar-refractivity contribution in [1.82, 2.24) is 10.2 Å². The van der Waals surface area contributed by atoms with E-state index in [0.29, 0.717) is 6.04 Å². The second-order valence-corrected chi connectivity index (χ2v) is 6.76. The van der Waals surface area contributed by atoms with Crippen LogP contribution in [-0.2, 0) is 0 Å². The number of nitrogens with zero attached hydrogens (tertiary/aromatic N) is 1. The molecular formula is C17H36N2. The Balaban J connectivity index is 2.27. The molecule has 0 aromatic carbocycles. The third kappa shape index (κ3) is 7.31. The zero-order valence-electron chi connectivity index (χ0n) is 13.8. The van der Waals surface area contributed by atoms with Gasteiger partial charge in [-0.25, -0.2) is 0 Å². The minimum absolute atomic E-state index is 0.681. The van der Waals surface area contributed by atoms with Crippen molar-refractivity contribution in [2.24, 2.45) is 5.92 Å². The first-order chi connectivity index (χ1) is 9.13. The van der Waals surface area contributed by atoms with Crippen molar-refractivity contribution in [3.05, 3.63) is 0 Å². The lowest BCUT2D eigenvalue weighted by atomic mass is 10.1. The number of rotatable bonds is 10. The minimum Gasteiger partial charge on any atom is -0.315 e. The van der Waals surface area contributed by atoms with Gasteiger partial charge in [0.25, 0.3) is 0 Å². The molecule has 0 saturated heterocycles. The zero-order valence-corrected chi connectivity index (χ0v) is 13.8. The highest BCUT2D eigenvalue weighted by Crippen LogP contribution is 2.24. The summed E-state index contributed by atoms with van der Waals surface area (Å²) in [5.74, 6) is 0.838. The first kappa shape index (κ1) is 17.0. The molecule has 0 radical (unpaired) electrons. The van der Waals surface area contributed by atoms with Gasteiger partial charge in [0.1, 0.15) is 0 Å². The van der Waals surface area contributed by atoms with E-state index in [1.807, 2.05) is 0 Å². The average molecular weight is 268 g/mol. The molecule has 1 rings (SSSR count). The van der Waals surface area contributed by atoms with Crippen molar-refractivity contribution in [1.29, 1.82) is 0 Å². The highest BCUT2D eigenvalue weighted by Gasteiger charge is 2.22. The maximum atomic E-state index is 3.52. The van der Waals surface area contributed by atoms with Gasteiger partial charge in [0.15, 0.2) is 0 Å². The van der Waals surface area contributed by atoms with Crippen molar-refractivity contribution in [2.45, 2.75) is 84.7 Å². The normalized spacial score (nSPS) is 18.6. The van der Waals surface area contributed by atoms with Crippen LogP contribution in [0.1, 0.15) is 72.6 Å². The van der Waals surface area contributed by atoms with Gasteiger partial charge in [0, 0.05) is 12.1 Å². The maximum absolute atomic E-state index is 3.52. The van der Waals surface area contributed by atoms with E-state index in [1.54, 1.807) is 0 Å².